The molecule has 0 radical (unpaired) electrons. The number of rotatable bonds is 16. The van der Waals surface area contributed by atoms with Crippen LogP contribution in [0.2, 0.25) is 0 Å². The molecule has 4 rings (SSSR count). The zero-order valence-corrected chi connectivity index (χ0v) is 27.3. The van der Waals surface area contributed by atoms with Crippen molar-refractivity contribution in [2.45, 2.75) is 110 Å². The Kier molecular flexibility index (Phi) is 16.2. The topological polar surface area (TPSA) is 24.1 Å². The lowest BCUT2D eigenvalue weighted by atomic mass is 9.89. The van der Waals surface area contributed by atoms with E-state index in [0.29, 0.717) is 0 Å². The van der Waals surface area contributed by atoms with Gasteiger partial charge < -0.3 is 10.6 Å². The van der Waals surface area contributed by atoms with Crippen molar-refractivity contribution in [1.82, 2.24) is 10.6 Å². The highest BCUT2D eigenvalue weighted by Crippen LogP contribution is 2.25. The Balaban J connectivity index is 0.000000259. The van der Waals surface area contributed by atoms with Gasteiger partial charge in [-0.3, -0.25) is 0 Å². The summed E-state index contributed by atoms with van der Waals surface area (Å²) in [6, 6.07) is 23.8. The molecule has 1 saturated heterocycles. The molecule has 0 atom stereocenters. The number of nitrogens with one attached hydrogen (secondary N) is 2. The lowest BCUT2D eigenvalue weighted by Gasteiger charge is -2.23. The number of hydrogen-bond donors (Lipinski definition) is 2. The molecule has 0 unspecified atom stereocenters. The van der Waals surface area contributed by atoms with Crippen molar-refractivity contribution >= 4 is 0 Å². The molecule has 3 aromatic carbocycles. The van der Waals surface area contributed by atoms with Crippen LogP contribution < -0.4 is 10.6 Å². The van der Waals surface area contributed by atoms with Crippen molar-refractivity contribution in [2.24, 2.45) is 0 Å². The van der Waals surface area contributed by atoms with Crippen molar-refractivity contribution in [3.8, 4) is 0 Å². The van der Waals surface area contributed by atoms with Gasteiger partial charge in [0.1, 0.15) is 5.82 Å². The lowest BCUT2D eigenvalue weighted by Crippen LogP contribution is -2.26. The van der Waals surface area contributed by atoms with Crippen molar-refractivity contribution in [2.75, 3.05) is 19.6 Å². The second-order valence-corrected chi connectivity index (χ2v) is 12.2. The van der Waals surface area contributed by atoms with Crippen LogP contribution in [0.5, 0.6) is 0 Å². The van der Waals surface area contributed by atoms with E-state index in [2.05, 4.69) is 79.6 Å². The first-order valence-electron chi connectivity index (χ1n) is 17.0. The summed E-state index contributed by atoms with van der Waals surface area (Å²) in [5.74, 6) is 0.693. The largest absolute Gasteiger partial charge is 0.389 e. The molecule has 2 N–H and O–H groups in total. The fourth-order valence-corrected chi connectivity index (χ4v) is 6.14. The molecule has 1 aliphatic rings. The Morgan fingerprint density at radius 2 is 1.42 bits per heavy atom. The normalized spacial score (nSPS) is 13.3. The SMILES string of the molecule is C=C(C)NCCc1c(F)cccc1CCCC.CCc1ccccc1CCCCCCc1ccc(C2CCNCC2)cc1. The minimum Gasteiger partial charge on any atom is -0.389 e. The van der Waals surface area contributed by atoms with E-state index in [0.717, 1.165) is 61.4 Å². The summed E-state index contributed by atoms with van der Waals surface area (Å²) in [7, 11) is 0. The minimum absolute atomic E-state index is 0.0814. The summed E-state index contributed by atoms with van der Waals surface area (Å²) >= 11 is 0. The maximum absolute atomic E-state index is 13.8. The molecule has 0 amide bonds. The number of piperidine rings is 1. The van der Waals surface area contributed by atoms with Gasteiger partial charge in [-0.25, -0.2) is 4.39 Å². The fraction of sp³-hybridized carbons (Fsp3) is 0.500. The van der Waals surface area contributed by atoms with Gasteiger partial charge in [-0.15, -0.1) is 0 Å². The molecule has 0 spiro atoms. The Hall–Kier alpha value is -2.91. The van der Waals surface area contributed by atoms with E-state index in [4.69, 9.17) is 0 Å². The highest BCUT2D eigenvalue weighted by atomic mass is 19.1. The standard InChI is InChI=1S/C25H35N.C15H22FN/c1-2-22-10-7-8-12-23(22)11-6-4-3-5-9-21-13-15-24(16-14-21)25-17-19-26-20-18-25;1-4-5-7-13-8-6-9-15(16)14(13)10-11-17-12(2)3/h7-8,10,12-16,25-26H,2-6,9,11,17-20H2,1H3;6,8-9,17H,2,4-5,7,10-11H2,1,3H3. The van der Waals surface area contributed by atoms with Gasteiger partial charge in [0.25, 0.3) is 0 Å². The summed E-state index contributed by atoms with van der Waals surface area (Å²) in [5, 5.41) is 6.60. The average Bonchev–Trinajstić information content (AvgIpc) is 3.04. The number of halogens is 1. The van der Waals surface area contributed by atoms with E-state index in [9.17, 15) is 4.39 Å². The number of allylic oxidation sites excluding steroid dienone is 1. The Morgan fingerprint density at radius 3 is 2.09 bits per heavy atom. The van der Waals surface area contributed by atoms with Crippen LogP contribution >= 0.6 is 0 Å². The summed E-state index contributed by atoms with van der Waals surface area (Å²) < 4.78 is 13.8. The van der Waals surface area contributed by atoms with Gasteiger partial charge in [-0.2, -0.15) is 0 Å². The van der Waals surface area contributed by atoms with Gasteiger partial charge in [-0.05, 0) is 130 Å². The van der Waals surface area contributed by atoms with Crippen molar-refractivity contribution < 1.29 is 4.39 Å². The molecule has 0 bridgehead atoms. The first-order chi connectivity index (χ1) is 21.0. The first kappa shape index (κ1) is 34.6. The third kappa shape index (κ3) is 12.7. The zero-order valence-electron chi connectivity index (χ0n) is 27.3. The number of benzene rings is 3. The van der Waals surface area contributed by atoms with Crippen LogP contribution in [0.15, 0.2) is 79.0 Å². The fourth-order valence-electron chi connectivity index (χ4n) is 6.14. The van der Waals surface area contributed by atoms with Crippen LogP contribution in [-0.2, 0) is 32.1 Å². The monoisotopic (exact) mass is 584 g/mol. The predicted molar refractivity (Wildman–Crippen MR) is 185 cm³/mol. The van der Waals surface area contributed by atoms with E-state index in [1.54, 1.807) is 23.3 Å². The molecular weight excluding hydrogens is 527 g/mol. The van der Waals surface area contributed by atoms with Gasteiger partial charge in [0.05, 0.1) is 0 Å². The van der Waals surface area contributed by atoms with Gasteiger partial charge in [0.15, 0.2) is 0 Å². The Bertz CT molecular complexity index is 1190. The molecule has 2 nitrogen and oxygen atoms in total. The number of aryl methyl sites for hydroxylation is 4. The van der Waals surface area contributed by atoms with Crippen LogP contribution in [0.1, 0.15) is 111 Å². The van der Waals surface area contributed by atoms with Gasteiger partial charge >= 0.3 is 0 Å². The summed E-state index contributed by atoms with van der Waals surface area (Å²) in [4.78, 5) is 0. The second kappa shape index (κ2) is 20.1. The third-order valence-corrected chi connectivity index (χ3v) is 8.77. The first-order valence-corrected chi connectivity index (χ1v) is 17.0. The highest BCUT2D eigenvalue weighted by Gasteiger charge is 2.14. The van der Waals surface area contributed by atoms with E-state index in [1.807, 2.05) is 13.0 Å². The van der Waals surface area contributed by atoms with Crippen LogP contribution in [0.3, 0.4) is 0 Å². The lowest BCUT2D eigenvalue weighted by molar-refractivity contribution is 0.460. The molecule has 0 aliphatic carbocycles. The summed E-state index contributed by atoms with van der Waals surface area (Å²) in [6.07, 6.45) is 15.5. The molecule has 43 heavy (non-hydrogen) atoms. The molecular formula is C40H57FN2. The van der Waals surface area contributed by atoms with E-state index < -0.39 is 0 Å². The van der Waals surface area contributed by atoms with Crippen LogP contribution in [0.25, 0.3) is 0 Å². The van der Waals surface area contributed by atoms with E-state index in [1.165, 1.54) is 75.6 Å². The summed E-state index contributed by atoms with van der Waals surface area (Å²) in [6.45, 7) is 13.2. The molecule has 1 aliphatic heterocycles. The van der Waals surface area contributed by atoms with Gasteiger partial charge in [0.2, 0.25) is 0 Å². The molecule has 3 heteroatoms. The minimum atomic E-state index is -0.0814. The van der Waals surface area contributed by atoms with Crippen LogP contribution in [-0.4, -0.2) is 19.6 Å². The maximum Gasteiger partial charge on any atom is 0.126 e. The molecule has 3 aromatic rings. The molecule has 234 valence electrons. The van der Waals surface area contributed by atoms with Crippen molar-refractivity contribution in [3.63, 3.8) is 0 Å². The smallest absolute Gasteiger partial charge is 0.126 e. The quantitative estimate of drug-likeness (QED) is 0.164. The van der Waals surface area contributed by atoms with E-state index in [-0.39, 0.29) is 5.82 Å². The number of hydrogen-bond acceptors (Lipinski definition) is 2. The third-order valence-electron chi connectivity index (χ3n) is 8.77. The predicted octanol–water partition coefficient (Wildman–Crippen LogP) is 9.90. The number of unbranched alkanes of at least 4 members (excludes halogenated alkanes) is 4. The second-order valence-electron chi connectivity index (χ2n) is 12.2. The Morgan fingerprint density at radius 1 is 0.767 bits per heavy atom. The van der Waals surface area contributed by atoms with Crippen LogP contribution in [0.4, 0.5) is 4.39 Å². The zero-order chi connectivity index (χ0) is 30.7. The molecule has 0 saturated carbocycles. The van der Waals surface area contributed by atoms with Crippen molar-refractivity contribution in [3.05, 3.63) is 118 Å². The average molecular weight is 585 g/mol. The van der Waals surface area contributed by atoms with E-state index >= 15 is 0 Å². The maximum atomic E-state index is 13.8. The van der Waals surface area contributed by atoms with Gasteiger partial charge in [0, 0.05) is 12.2 Å². The molecule has 1 heterocycles. The highest BCUT2D eigenvalue weighted by molar-refractivity contribution is 5.30. The van der Waals surface area contributed by atoms with Crippen LogP contribution in [0, 0.1) is 5.82 Å². The van der Waals surface area contributed by atoms with Gasteiger partial charge in [-0.1, -0.05) is 100 Å². The molecule has 1 fully saturated rings. The van der Waals surface area contributed by atoms with Crippen molar-refractivity contribution in [1.29, 1.82) is 0 Å². The Labute approximate surface area is 262 Å². The summed E-state index contributed by atoms with van der Waals surface area (Å²) in [5.41, 5.74) is 9.08. The molecule has 0 aromatic heterocycles.